The standard InChI is InChI=1S/C10H14N2O2/c1-12-9-5-7(10(13)14-2)3-4-8(9)6-11-12/h6-7H,3-5H2,1-2H3/t7-/m0/s1. The fourth-order valence-electron chi connectivity index (χ4n) is 2.01. The summed E-state index contributed by atoms with van der Waals surface area (Å²) in [6.07, 6.45) is 4.47. The van der Waals surface area contributed by atoms with Crippen LogP contribution in [0, 0.1) is 5.92 Å². The van der Waals surface area contributed by atoms with Crippen LogP contribution in [0.1, 0.15) is 17.7 Å². The molecular weight excluding hydrogens is 180 g/mol. The predicted molar refractivity (Wildman–Crippen MR) is 50.7 cm³/mol. The van der Waals surface area contributed by atoms with Crippen LogP contribution in [0.3, 0.4) is 0 Å². The normalized spacial score (nSPS) is 20.3. The number of methoxy groups -OCH3 is 1. The number of hydrogen-bond donors (Lipinski definition) is 0. The number of nitrogens with zero attached hydrogens (tertiary/aromatic N) is 2. The average molecular weight is 194 g/mol. The number of esters is 1. The Labute approximate surface area is 82.9 Å². The third kappa shape index (κ3) is 1.41. The molecule has 1 aromatic heterocycles. The maximum atomic E-state index is 11.4. The van der Waals surface area contributed by atoms with Crippen molar-refractivity contribution in [2.75, 3.05) is 7.11 Å². The topological polar surface area (TPSA) is 44.1 Å². The Morgan fingerprint density at radius 3 is 3.21 bits per heavy atom. The maximum Gasteiger partial charge on any atom is 0.309 e. The van der Waals surface area contributed by atoms with Crippen molar-refractivity contribution in [3.8, 4) is 0 Å². The molecule has 1 aliphatic carbocycles. The molecule has 4 heteroatoms. The predicted octanol–water partition coefficient (Wildman–Crippen LogP) is 0.698. The fourth-order valence-corrected chi connectivity index (χ4v) is 2.01. The van der Waals surface area contributed by atoms with Crippen molar-refractivity contribution in [1.29, 1.82) is 0 Å². The van der Waals surface area contributed by atoms with Gasteiger partial charge in [0, 0.05) is 19.2 Å². The zero-order valence-corrected chi connectivity index (χ0v) is 8.49. The summed E-state index contributed by atoms with van der Waals surface area (Å²) >= 11 is 0. The summed E-state index contributed by atoms with van der Waals surface area (Å²) in [5.74, 6) is -0.0836. The molecule has 0 aliphatic heterocycles. The highest BCUT2D eigenvalue weighted by Gasteiger charge is 2.27. The van der Waals surface area contributed by atoms with Gasteiger partial charge in [0.1, 0.15) is 0 Å². The molecule has 1 aliphatic rings. The molecule has 0 aromatic carbocycles. The summed E-state index contributed by atoms with van der Waals surface area (Å²) in [7, 11) is 3.36. The van der Waals surface area contributed by atoms with E-state index in [0.717, 1.165) is 19.3 Å². The summed E-state index contributed by atoms with van der Waals surface area (Å²) < 4.78 is 6.60. The molecule has 4 nitrogen and oxygen atoms in total. The molecule has 14 heavy (non-hydrogen) atoms. The SMILES string of the molecule is COC(=O)[C@H]1CCc2cnn(C)c2C1. The second-order valence-corrected chi connectivity index (χ2v) is 3.70. The van der Waals surface area contributed by atoms with Crippen LogP contribution in [0.4, 0.5) is 0 Å². The molecular formula is C10H14N2O2. The minimum atomic E-state index is -0.100. The third-order valence-electron chi connectivity index (χ3n) is 2.88. The highest BCUT2D eigenvalue weighted by Crippen LogP contribution is 2.25. The van der Waals surface area contributed by atoms with E-state index in [1.807, 2.05) is 17.9 Å². The first-order chi connectivity index (χ1) is 6.72. The second kappa shape index (κ2) is 3.44. The minimum Gasteiger partial charge on any atom is -0.469 e. The van der Waals surface area contributed by atoms with Gasteiger partial charge in [-0.3, -0.25) is 9.48 Å². The largest absolute Gasteiger partial charge is 0.469 e. The molecule has 0 unspecified atom stereocenters. The lowest BCUT2D eigenvalue weighted by atomic mass is 9.88. The fraction of sp³-hybridized carbons (Fsp3) is 0.600. The molecule has 0 spiro atoms. The van der Waals surface area contributed by atoms with E-state index in [2.05, 4.69) is 5.10 Å². The zero-order chi connectivity index (χ0) is 10.1. The van der Waals surface area contributed by atoms with Crippen LogP contribution in [-0.2, 0) is 29.4 Å². The number of carbonyl (C=O) groups is 1. The van der Waals surface area contributed by atoms with Crippen molar-refractivity contribution in [3.05, 3.63) is 17.5 Å². The molecule has 0 radical (unpaired) electrons. The van der Waals surface area contributed by atoms with E-state index < -0.39 is 0 Å². The third-order valence-corrected chi connectivity index (χ3v) is 2.88. The van der Waals surface area contributed by atoms with Gasteiger partial charge in [-0.25, -0.2) is 0 Å². The van der Waals surface area contributed by atoms with Gasteiger partial charge in [0.05, 0.1) is 19.2 Å². The summed E-state index contributed by atoms with van der Waals surface area (Å²) in [5.41, 5.74) is 2.44. The van der Waals surface area contributed by atoms with E-state index in [4.69, 9.17) is 4.74 Å². The van der Waals surface area contributed by atoms with Gasteiger partial charge in [-0.2, -0.15) is 5.10 Å². The number of ether oxygens (including phenoxy) is 1. The zero-order valence-electron chi connectivity index (χ0n) is 8.49. The van der Waals surface area contributed by atoms with Gasteiger partial charge in [0.25, 0.3) is 0 Å². The van der Waals surface area contributed by atoms with Gasteiger partial charge >= 0.3 is 5.97 Å². The van der Waals surface area contributed by atoms with E-state index in [1.54, 1.807) is 0 Å². The Kier molecular flexibility index (Phi) is 2.27. The van der Waals surface area contributed by atoms with E-state index in [1.165, 1.54) is 18.4 Å². The smallest absolute Gasteiger partial charge is 0.309 e. The number of hydrogen-bond acceptors (Lipinski definition) is 3. The van der Waals surface area contributed by atoms with Crippen molar-refractivity contribution in [3.63, 3.8) is 0 Å². The van der Waals surface area contributed by atoms with Crippen LogP contribution in [0.15, 0.2) is 6.20 Å². The highest BCUT2D eigenvalue weighted by molar-refractivity contribution is 5.73. The lowest BCUT2D eigenvalue weighted by Crippen LogP contribution is -2.24. The van der Waals surface area contributed by atoms with Crippen molar-refractivity contribution in [1.82, 2.24) is 9.78 Å². The molecule has 0 bridgehead atoms. The van der Waals surface area contributed by atoms with E-state index >= 15 is 0 Å². The number of fused-ring (bicyclic) bond motifs is 1. The lowest BCUT2D eigenvalue weighted by Gasteiger charge is -2.20. The van der Waals surface area contributed by atoms with Crippen molar-refractivity contribution in [2.24, 2.45) is 13.0 Å². The molecule has 0 N–H and O–H groups in total. The Morgan fingerprint density at radius 2 is 2.50 bits per heavy atom. The van der Waals surface area contributed by atoms with Crippen LogP contribution in [0.5, 0.6) is 0 Å². The van der Waals surface area contributed by atoms with E-state index in [9.17, 15) is 4.79 Å². The van der Waals surface area contributed by atoms with Crippen LogP contribution < -0.4 is 0 Å². The Morgan fingerprint density at radius 1 is 1.71 bits per heavy atom. The monoisotopic (exact) mass is 194 g/mol. The Balaban J connectivity index is 2.20. The first kappa shape index (κ1) is 9.24. The van der Waals surface area contributed by atoms with Gasteiger partial charge in [0.2, 0.25) is 0 Å². The summed E-state index contributed by atoms with van der Waals surface area (Å²) in [5, 5.41) is 4.18. The summed E-state index contributed by atoms with van der Waals surface area (Å²) in [6.45, 7) is 0. The van der Waals surface area contributed by atoms with Crippen molar-refractivity contribution < 1.29 is 9.53 Å². The molecule has 76 valence electrons. The minimum absolute atomic E-state index is 0.0166. The Hall–Kier alpha value is -1.32. The van der Waals surface area contributed by atoms with Crippen LogP contribution >= 0.6 is 0 Å². The van der Waals surface area contributed by atoms with E-state index in [0.29, 0.717) is 0 Å². The van der Waals surface area contributed by atoms with Gasteiger partial charge in [-0.05, 0) is 18.4 Å². The van der Waals surface area contributed by atoms with Crippen molar-refractivity contribution in [2.45, 2.75) is 19.3 Å². The second-order valence-electron chi connectivity index (χ2n) is 3.70. The highest BCUT2D eigenvalue weighted by atomic mass is 16.5. The first-order valence-electron chi connectivity index (χ1n) is 4.80. The Bertz CT molecular complexity index is 357. The molecule has 2 rings (SSSR count). The maximum absolute atomic E-state index is 11.4. The molecule has 0 saturated heterocycles. The first-order valence-corrected chi connectivity index (χ1v) is 4.80. The number of aromatic nitrogens is 2. The van der Waals surface area contributed by atoms with E-state index in [-0.39, 0.29) is 11.9 Å². The molecule has 1 heterocycles. The van der Waals surface area contributed by atoms with Crippen LogP contribution in [-0.4, -0.2) is 22.9 Å². The quantitative estimate of drug-likeness (QED) is 0.618. The summed E-state index contributed by atoms with van der Waals surface area (Å²) in [4.78, 5) is 11.4. The van der Waals surface area contributed by atoms with Gasteiger partial charge < -0.3 is 4.74 Å². The summed E-state index contributed by atoms with van der Waals surface area (Å²) in [6, 6.07) is 0. The number of rotatable bonds is 1. The van der Waals surface area contributed by atoms with Crippen molar-refractivity contribution >= 4 is 5.97 Å². The average Bonchev–Trinajstić information content (AvgIpc) is 2.59. The molecule has 1 aromatic rings. The van der Waals surface area contributed by atoms with Gasteiger partial charge in [-0.1, -0.05) is 0 Å². The van der Waals surface area contributed by atoms with Crippen LogP contribution in [0.25, 0.3) is 0 Å². The molecule has 0 amide bonds. The van der Waals surface area contributed by atoms with Gasteiger partial charge in [0.15, 0.2) is 0 Å². The molecule has 1 atom stereocenters. The lowest BCUT2D eigenvalue weighted by molar-refractivity contribution is -0.145. The molecule has 0 fully saturated rings. The van der Waals surface area contributed by atoms with Gasteiger partial charge in [-0.15, -0.1) is 0 Å². The number of aryl methyl sites for hydroxylation is 2. The van der Waals surface area contributed by atoms with Crippen LogP contribution in [0.2, 0.25) is 0 Å². The molecule has 0 saturated carbocycles. The number of carbonyl (C=O) groups excluding carboxylic acids is 1.